The van der Waals surface area contributed by atoms with Crippen molar-refractivity contribution < 1.29 is 19.1 Å². The van der Waals surface area contributed by atoms with Gasteiger partial charge in [0, 0.05) is 35.4 Å². The fourth-order valence-electron chi connectivity index (χ4n) is 5.52. The zero-order valence-electron chi connectivity index (χ0n) is 18.5. The molecule has 1 aromatic heterocycles. The predicted molar refractivity (Wildman–Crippen MR) is 128 cm³/mol. The number of ether oxygens (including phenoxy) is 2. The Balaban J connectivity index is 1.21. The second kappa shape index (κ2) is 8.06. The van der Waals surface area contributed by atoms with Gasteiger partial charge in [-0.25, -0.2) is 4.79 Å². The zero-order chi connectivity index (χ0) is 23.1. The number of fused-ring (bicyclic) bond motifs is 6. The van der Waals surface area contributed by atoms with E-state index in [2.05, 4.69) is 34.6 Å². The molecule has 0 fully saturated rings. The van der Waals surface area contributed by atoms with Crippen LogP contribution in [-0.2, 0) is 27.1 Å². The van der Waals surface area contributed by atoms with Crippen molar-refractivity contribution in [1.82, 2.24) is 10.3 Å². The first kappa shape index (κ1) is 20.5. The first-order valence-corrected chi connectivity index (χ1v) is 11.5. The number of amides is 1. The number of nitrogens with one attached hydrogen (secondary N) is 2. The Bertz CT molecular complexity index is 1360. The summed E-state index contributed by atoms with van der Waals surface area (Å²) in [6.07, 6.45) is 0.916. The number of para-hydroxylation sites is 1. The molecule has 34 heavy (non-hydrogen) atoms. The third-order valence-corrected chi connectivity index (χ3v) is 7.09. The molecule has 6 rings (SSSR count). The SMILES string of the molecule is O=CO[C@@]1(NC(=O)OCC2c3ccccc3-c3ccccc32)CCc2[nH]c3ccccc3c2C1. The Kier molecular flexibility index (Phi) is 4.87. The van der Waals surface area contributed by atoms with E-state index in [-0.39, 0.29) is 12.5 Å². The van der Waals surface area contributed by atoms with Crippen LogP contribution in [0.15, 0.2) is 72.8 Å². The summed E-state index contributed by atoms with van der Waals surface area (Å²) in [5, 5.41) is 3.95. The number of hydrogen-bond donors (Lipinski definition) is 2. The fourth-order valence-corrected chi connectivity index (χ4v) is 5.52. The van der Waals surface area contributed by atoms with Crippen LogP contribution in [0, 0.1) is 0 Å². The zero-order valence-corrected chi connectivity index (χ0v) is 18.5. The Labute approximate surface area is 196 Å². The number of carbonyl (C=O) groups excluding carboxylic acids is 2. The number of aromatic nitrogens is 1. The van der Waals surface area contributed by atoms with Crippen molar-refractivity contribution in [3.8, 4) is 11.1 Å². The summed E-state index contributed by atoms with van der Waals surface area (Å²) in [5.41, 5.74) is 6.72. The van der Waals surface area contributed by atoms with Gasteiger partial charge in [-0.15, -0.1) is 0 Å². The highest BCUT2D eigenvalue weighted by Gasteiger charge is 2.40. The molecule has 0 aliphatic heterocycles. The lowest BCUT2D eigenvalue weighted by molar-refractivity contribution is -0.147. The van der Waals surface area contributed by atoms with Gasteiger partial charge in [0.15, 0.2) is 5.72 Å². The largest absolute Gasteiger partial charge is 0.448 e. The Morgan fingerprint density at radius 3 is 2.41 bits per heavy atom. The van der Waals surface area contributed by atoms with Crippen LogP contribution >= 0.6 is 0 Å². The number of rotatable bonds is 5. The molecular weight excluding hydrogens is 428 g/mol. The van der Waals surface area contributed by atoms with Gasteiger partial charge in [0.25, 0.3) is 6.47 Å². The molecule has 4 aromatic rings. The monoisotopic (exact) mass is 452 g/mol. The summed E-state index contributed by atoms with van der Waals surface area (Å²) in [4.78, 5) is 27.8. The van der Waals surface area contributed by atoms with Crippen molar-refractivity contribution in [3.05, 3.63) is 95.2 Å². The molecule has 1 heterocycles. The summed E-state index contributed by atoms with van der Waals surface area (Å²) in [6.45, 7) is 0.610. The Morgan fingerprint density at radius 1 is 1.00 bits per heavy atom. The number of alkyl carbamates (subject to hydrolysis) is 1. The lowest BCUT2D eigenvalue weighted by Crippen LogP contribution is -2.54. The highest BCUT2D eigenvalue weighted by molar-refractivity contribution is 5.85. The normalized spacial score (nSPS) is 18.6. The van der Waals surface area contributed by atoms with Crippen LogP contribution < -0.4 is 5.32 Å². The molecule has 0 saturated heterocycles. The number of carbonyl (C=O) groups is 2. The standard InChI is InChI=1S/C28H24N2O4/c31-17-34-28(14-13-26-23(15-28)22-11-5-6-12-25(22)29-26)30-27(32)33-16-24-20-9-3-1-7-18(20)19-8-2-4-10-21(19)24/h1-12,17,24,29H,13-16H2,(H,30,32)/t28-/m0/s1. The van der Waals surface area contributed by atoms with Crippen LogP contribution in [0.25, 0.3) is 22.0 Å². The Hall–Kier alpha value is -4.06. The lowest BCUT2D eigenvalue weighted by Gasteiger charge is -2.35. The van der Waals surface area contributed by atoms with Crippen LogP contribution in [-0.4, -0.2) is 29.9 Å². The van der Waals surface area contributed by atoms with E-state index >= 15 is 0 Å². The van der Waals surface area contributed by atoms with Crippen LogP contribution in [0.1, 0.15) is 34.7 Å². The van der Waals surface area contributed by atoms with Crippen LogP contribution in [0.5, 0.6) is 0 Å². The highest BCUT2D eigenvalue weighted by atomic mass is 16.6. The fraction of sp³-hybridized carbons (Fsp3) is 0.214. The topological polar surface area (TPSA) is 80.4 Å². The maximum atomic E-state index is 12.9. The molecule has 0 saturated carbocycles. The minimum Gasteiger partial charge on any atom is -0.448 e. The van der Waals surface area contributed by atoms with Gasteiger partial charge in [0.2, 0.25) is 0 Å². The minimum atomic E-state index is -1.14. The van der Waals surface area contributed by atoms with Gasteiger partial charge in [0.05, 0.1) is 0 Å². The van der Waals surface area contributed by atoms with Gasteiger partial charge < -0.3 is 14.5 Å². The summed E-state index contributed by atoms with van der Waals surface area (Å²) in [7, 11) is 0. The first-order chi connectivity index (χ1) is 16.7. The average Bonchev–Trinajstić information content (AvgIpc) is 3.38. The number of H-pyrrole nitrogens is 1. The third kappa shape index (κ3) is 3.34. The van der Waals surface area contributed by atoms with Gasteiger partial charge in [-0.3, -0.25) is 10.1 Å². The van der Waals surface area contributed by atoms with Crippen LogP contribution in [0.4, 0.5) is 4.79 Å². The number of aryl methyl sites for hydroxylation is 1. The van der Waals surface area contributed by atoms with Crippen molar-refractivity contribution in [2.24, 2.45) is 0 Å². The smallest absolute Gasteiger partial charge is 0.410 e. The second-order valence-electron chi connectivity index (χ2n) is 8.96. The molecular formula is C28H24N2O4. The van der Waals surface area contributed by atoms with E-state index in [0.717, 1.165) is 33.3 Å². The predicted octanol–water partition coefficient (Wildman–Crippen LogP) is 5.06. The molecule has 0 radical (unpaired) electrons. The molecule has 1 atom stereocenters. The van der Waals surface area contributed by atoms with E-state index in [1.54, 1.807) is 0 Å². The van der Waals surface area contributed by atoms with E-state index in [1.165, 1.54) is 11.1 Å². The van der Waals surface area contributed by atoms with E-state index in [4.69, 9.17) is 9.47 Å². The van der Waals surface area contributed by atoms with Gasteiger partial charge in [-0.05, 0) is 40.3 Å². The third-order valence-electron chi connectivity index (χ3n) is 7.09. The number of benzene rings is 3. The van der Waals surface area contributed by atoms with E-state index < -0.39 is 11.8 Å². The van der Waals surface area contributed by atoms with Crippen molar-refractivity contribution in [2.75, 3.05) is 6.61 Å². The summed E-state index contributed by atoms with van der Waals surface area (Å²) < 4.78 is 11.2. The maximum Gasteiger partial charge on any atom is 0.410 e. The first-order valence-electron chi connectivity index (χ1n) is 11.5. The summed E-state index contributed by atoms with van der Waals surface area (Å²) in [5.74, 6) is -0.0346. The molecule has 3 aromatic carbocycles. The lowest BCUT2D eigenvalue weighted by atomic mass is 9.88. The van der Waals surface area contributed by atoms with Gasteiger partial charge in [-0.1, -0.05) is 66.7 Å². The quantitative estimate of drug-likeness (QED) is 0.327. The molecule has 2 N–H and O–H groups in total. The summed E-state index contributed by atoms with van der Waals surface area (Å²) in [6, 6.07) is 24.4. The minimum absolute atomic E-state index is 0.0346. The second-order valence-corrected chi connectivity index (χ2v) is 8.96. The van der Waals surface area contributed by atoms with Crippen LogP contribution in [0.3, 0.4) is 0 Å². The molecule has 1 amide bonds. The van der Waals surface area contributed by atoms with Gasteiger partial charge >= 0.3 is 6.09 Å². The van der Waals surface area contributed by atoms with E-state index in [1.807, 2.05) is 48.5 Å². The molecule has 0 spiro atoms. The van der Waals surface area contributed by atoms with Crippen molar-refractivity contribution in [3.63, 3.8) is 0 Å². The molecule has 0 bridgehead atoms. The highest BCUT2D eigenvalue weighted by Crippen LogP contribution is 2.44. The molecule has 2 aliphatic rings. The molecule has 2 aliphatic carbocycles. The molecule has 170 valence electrons. The van der Waals surface area contributed by atoms with E-state index in [0.29, 0.717) is 25.7 Å². The van der Waals surface area contributed by atoms with E-state index in [9.17, 15) is 9.59 Å². The van der Waals surface area contributed by atoms with Crippen molar-refractivity contribution in [1.29, 1.82) is 0 Å². The number of aromatic amines is 1. The Morgan fingerprint density at radius 2 is 1.68 bits per heavy atom. The van der Waals surface area contributed by atoms with Gasteiger partial charge in [0.1, 0.15) is 6.61 Å². The molecule has 6 nitrogen and oxygen atoms in total. The van der Waals surface area contributed by atoms with Crippen LogP contribution in [0.2, 0.25) is 0 Å². The molecule has 6 heteroatoms. The van der Waals surface area contributed by atoms with Gasteiger partial charge in [-0.2, -0.15) is 0 Å². The summed E-state index contributed by atoms with van der Waals surface area (Å²) >= 11 is 0. The van der Waals surface area contributed by atoms with Crippen molar-refractivity contribution in [2.45, 2.75) is 30.9 Å². The number of hydrogen-bond acceptors (Lipinski definition) is 4. The van der Waals surface area contributed by atoms with Crippen molar-refractivity contribution >= 4 is 23.5 Å². The average molecular weight is 453 g/mol. The maximum absolute atomic E-state index is 12.9. The molecule has 0 unspecified atom stereocenters.